The summed E-state index contributed by atoms with van der Waals surface area (Å²) in [5.41, 5.74) is 0. The van der Waals surface area contributed by atoms with Gasteiger partial charge in [-0.05, 0) is 50.5 Å². The van der Waals surface area contributed by atoms with Gasteiger partial charge in [-0.3, -0.25) is 9.59 Å². The van der Waals surface area contributed by atoms with E-state index in [1.54, 1.807) is 12.3 Å². The van der Waals surface area contributed by atoms with Gasteiger partial charge in [0.25, 0.3) is 0 Å². The van der Waals surface area contributed by atoms with E-state index in [1.165, 1.54) is 0 Å². The zero-order chi connectivity index (χ0) is 21.2. The van der Waals surface area contributed by atoms with Crippen LogP contribution in [0.1, 0.15) is 38.4 Å². The van der Waals surface area contributed by atoms with Crippen LogP contribution in [0.2, 0.25) is 0 Å². The molecule has 0 radical (unpaired) electrons. The predicted octanol–water partition coefficient (Wildman–Crippen LogP) is 3.39. The number of para-hydroxylation sites is 2. The summed E-state index contributed by atoms with van der Waals surface area (Å²) < 4.78 is 16.5. The molecule has 2 aromatic rings. The van der Waals surface area contributed by atoms with Crippen LogP contribution in [0.25, 0.3) is 0 Å². The fourth-order valence-corrected chi connectivity index (χ4v) is 3.53. The molecular weight excluding hydrogens is 384 g/mol. The van der Waals surface area contributed by atoms with Gasteiger partial charge >= 0.3 is 0 Å². The van der Waals surface area contributed by atoms with E-state index in [0.717, 1.165) is 11.5 Å². The Balaban J connectivity index is 1.33. The molecule has 0 unspecified atom stereocenters. The number of hydrogen-bond donors (Lipinski definition) is 1. The summed E-state index contributed by atoms with van der Waals surface area (Å²) >= 11 is 0. The summed E-state index contributed by atoms with van der Waals surface area (Å²) in [6.07, 6.45) is 4.05. The van der Waals surface area contributed by atoms with Gasteiger partial charge in [0.2, 0.25) is 11.8 Å². The van der Waals surface area contributed by atoms with Crippen LogP contribution in [0.3, 0.4) is 0 Å². The molecule has 1 N–H and O–H groups in total. The molecule has 0 spiro atoms. The summed E-state index contributed by atoms with van der Waals surface area (Å²) in [6.45, 7) is 4.60. The van der Waals surface area contributed by atoms with Crippen LogP contribution < -0.4 is 14.8 Å². The highest BCUT2D eigenvalue weighted by molar-refractivity contribution is 5.80. The number of carbonyl (C=O) groups is 2. The number of nitrogens with zero attached hydrogens (tertiary/aromatic N) is 1. The monoisotopic (exact) mass is 414 g/mol. The number of carbonyl (C=O) groups excluding carboxylic acids is 2. The van der Waals surface area contributed by atoms with Crippen molar-refractivity contribution in [3.8, 4) is 11.5 Å². The third-order valence-electron chi connectivity index (χ3n) is 5.18. The van der Waals surface area contributed by atoms with Crippen molar-refractivity contribution < 1.29 is 23.5 Å². The Morgan fingerprint density at radius 2 is 1.83 bits per heavy atom. The zero-order valence-electron chi connectivity index (χ0n) is 17.5. The van der Waals surface area contributed by atoms with Gasteiger partial charge in [-0.2, -0.15) is 0 Å². The fraction of sp³-hybridized carbons (Fsp3) is 0.478. The summed E-state index contributed by atoms with van der Waals surface area (Å²) in [5, 5.41) is 2.91. The molecule has 1 aliphatic heterocycles. The normalized spacial score (nSPS) is 14.4. The summed E-state index contributed by atoms with van der Waals surface area (Å²) in [5.74, 6) is 2.25. The smallest absolute Gasteiger partial charge is 0.223 e. The lowest BCUT2D eigenvalue weighted by molar-refractivity contribution is -0.135. The van der Waals surface area contributed by atoms with Gasteiger partial charge in [0, 0.05) is 25.4 Å². The van der Waals surface area contributed by atoms with Crippen molar-refractivity contribution in [2.45, 2.75) is 39.2 Å². The second kappa shape index (κ2) is 11.3. The molecule has 3 rings (SSSR count). The minimum atomic E-state index is -0.0533. The highest BCUT2D eigenvalue weighted by Gasteiger charge is 2.27. The number of ether oxygens (including phenoxy) is 2. The molecule has 2 amide bonds. The summed E-state index contributed by atoms with van der Waals surface area (Å²) in [7, 11) is 0. The second-order valence-electron chi connectivity index (χ2n) is 7.28. The first-order valence-corrected chi connectivity index (χ1v) is 10.6. The Bertz CT molecular complexity index is 798. The van der Waals surface area contributed by atoms with E-state index in [1.807, 2.05) is 42.2 Å². The average molecular weight is 415 g/mol. The van der Waals surface area contributed by atoms with Crippen LogP contribution in [-0.2, 0) is 16.1 Å². The molecule has 1 aromatic carbocycles. The fourth-order valence-electron chi connectivity index (χ4n) is 3.53. The van der Waals surface area contributed by atoms with E-state index < -0.39 is 0 Å². The van der Waals surface area contributed by atoms with E-state index in [0.29, 0.717) is 64.3 Å². The maximum absolute atomic E-state index is 12.5. The molecule has 30 heavy (non-hydrogen) atoms. The molecule has 1 aromatic heterocycles. The Hall–Kier alpha value is -2.96. The average Bonchev–Trinajstić information content (AvgIpc) is 3.30. The number of furan rings is 1. The molecule has 0 aliphatic carbocycles. The minimum absolute atomic E-state index is 0.0277. The van der Waals surface area contributed by atoms with Crippen molar-refractivity contribution in [2.75, 3.05) is 26.3 Å². The molecule has 1 aliphatic rings. The minimum Gasteiger partial charge on any atom is -0.490 e. The summed E-state index contributed by atoms with van der Waals surface area (Å²) in [6, 6.07) is 11.2. The van der Waals surface area contributed by atoms with Gasteiger partial charge in [0.05, 0.1) is 26.0 Å². The first-order chi connectivity index (χ1) is 14.7. The van der Waals surface area contributed by atoms with Gasteiger partial charge in [0.15, 0.2) is 11.5 Å². The van der Waals surface area contributed by atoms with Crippen molar-refractivity contribution in [3.05, 3.63) is 48.4 Å². The van der Waals surface area contributed by atoms with Crippen LogP contribution in [0.15, 0.2) is 47.1 Å². The molecule has 7 heteroatoms. The lowest BCUT2D eigenvalue weighted by Crippen LogP contribution is -2.42. The van der Waals surface area contributed by atoms with E-state index >= 15 is 0 Å². The predicted molar refractivity (Wildman–Crippen MR) is 112 cm³/mol. The molecule has 162 valence electrons. The van der Waals surface area contributed by atoms with Gasteiger partial charge in [-0.1, -0.05) is 12.1 Å². The van der Waals surface area contributed by atoms with Gasteiger partial charge < -0.3 is 24.1 Å². The van der Waals surface area contributed by atoms with Crippen LogP contribution >= 0.6 is 0 Å². The Kier molecular flexibility index (Phi) is 8.18. The van der Waals surface area contributed by atoms with Crippen molar-refractivity contribution in [2.24, 2.45) is 5.92 Å². The van der Waals surface area contributed by atoms with Crippen LogP contribution in [-0.4, -0.2) is 43.0 Å². The van der Waals surface area contributed by atoms with Crippen molar-refractivity contribution in [1.82, 2.24) is 10.2 Å². The number of rotatable bonds is 10. The maximum Gasteiger partial charge on any atom is 0.223 e. The number of hydrogen-bond acceptors (Lipinski definition) is 5. The topological polar surface area (TPSA) is 81.0 Å². The van der Waals surface area contributed by atoms with E-state index in [4.69, 9.17) is 13.9 Å². The van der Waals surface area contributed by atoms with E-state index in [2.05, 4.69) is 5.32 Å². The van der Waals surface area contributed by atoms with E-state index in [-0.39, 0.29) is 17.7 Å². The van der Waals surface area contributed by atoms with Gasteiger partial charge in [-0.15, -0.1) is 0 Å². The molecule has 1 fully saturated rings. The SMILES string of the molecule is CCOc1ccccc1OCCCC(=O)N1CCC(C(=O)NCc2ccco2)CC1. The highest BCUT2D eigenvalue weighted by Crippen LogP contribution is 2.26. The van der Waals surface area contributed by atoms with Crippen LogP contribution in [0.5, 0.6) is 11.5 Å². The zero-order valence-corrected chi connectivity index (χ0v) is 17.5. The number of piperidine rings is 1. The Labute approximate surface area is 177 Å². The third-order valence-corrected chi connectivity index (χ3v) is 5.18. The standard InChI is InChI=1S/C23H30N2O5/c1-2-28-20-8-3-4-9-21(20)30-16-6-10-22(26)25-13-11-18(12-14-25)23(27)24-17-19-7-5-15-29-19/h3-5,7-9,15,18H,2,6,10-14,16-17H2,1H3,(H,24,27). The third kappa shape index (κ3) is 6.27. The second-order valence-corrected chi connectivity index (χ2v) is 7.28. The molecule has 0 bridgehead atoms. The van der Waals surface area contributed by atoms with Crippen LogP contribution in [0, 0.1) is 5.92 Å². The van der Waals surface area contributed by atoms with Crippen molar-refractivity contribution in [3.63, 3.8) is 0 Å². The molecule has 0 saturated carbocycles. The first-order valence-electron chi connectivity index (χ1n) is 10.6. The number of benzene rings is 1. The maximum atomic E-state index is 12.5. The molecular formula is C23H30N2O5. The number of likely N-dealkylation sites (tertiary alicyclic amines) is 1. The highest BCUT2D eigenvalue weighted by atomic mass is 16.5. The van der Waals surface area contributed by atoms with Gasteiger partial charge in [-0.25, -0.2) is 0 Å². The summed E-state index contributed by atoms with van der Waals surface area (Å²) in [4.78, 5) is 26.6. The Morgan fingerprint density at radius 3 is 2.50 bits per heavy atom. The lowest BCUT2D eigenvalue weighted by atomic mass is 9.95. The quantitative estimate of drug-likeness (QED) is 0.603. The molecule has 0 atom stereocenters. The molecule has 1 saturated heterocycles. The lowest BCUT2D eigenvalue weighted by Gasteiger charge is -2.31. The molecule has 7 nitrogen and oxygen atoms in total. The van der Waals surface area contributed by atoms with Gasteiger partial charge in [0.1, 0.15) is 5.76 Å². The molecule has 2 heterocycles. The number of nitrogens with one attached hydrogen (secondary N) is 1. The largest absolute Gasteiger partial charge is 0.490 e. The Morgan fingerprint density at radius 1 is 1.10 bits per heavy atom. The van der Waals surface area contributed by atoms with Crippen molar-refractivity contribution >= 4 is 11.8 Å². The first kappa shape index (κ1) is 21.7. The van der Waals surface area contributed by atoms with Crippen molar-refractivity contribution in [1.29, 1.82) is 0 Å². The number of amides is 2. The van der Waals surface area contributed by atoms with E-state index in [9.17, 15) is 9.59 Å². The van der Waals surface area contributed by atoms with Crippen LogP contribution in [0.4, 0.5) is 0 Å².